The normalized spacial score (nSPS) is 12.1. The molecule has 2 aromatic rings. The summed E-state index contributed by atoms with van der Waals surface area (Å²) in [6.07, 6.45) is 3.48. The number of hydrogen-bond donors (Lipinski definition) is 3. The van der Waals surface area contributed by atoms with Crippen LogP contribution in [0.4, 0.5) is 0 Å². The average Bonchev–Trinajstić information content (AvgIpc) is 2.75. The molecule has 3 N–H and O–H groups in total. The summed E-state index contributed by atoms with van der Waals surface area (Å²) in [5.41, 5.74) is 1.75. The standard InChI is InChI=1S/C22H23N3O3S/c1-29-13-12-19(22(27)28)25-21(26)18(14-23)15-24-20(16-8-4-2-5-9-16)17-10-6-3-7-11-17/h2-11,15,19-20,24H,12-13H2,1H3,(H,25,26)(H,27,28)/b18-15-. The van der Waals surface area contributed by atoms with Crippen LogP contribution in [0.1, 0.15) is 23.6 Å². The molecule has 0 heterocycles. The second-order valence-corrected chi connectivity index (χ2v) is 7.22. The van der Waals surface area contributed by atoms with Gasteiger partial charge in [-0.25, -0.2) is 4.79 Å². The molecule has 1 unspecified atom stereocenters. The van der Waals surface area contributed by atoms with E-state index in [1.807, 2.05) is 73.0 Å². The van der Waals surface area contributed by atoms with E-state index < -0.39 is 17.9 Å². The average molecular weight is 410 g/mol. The molecule has 0 fully saturated rings. The maximum Gasteiger partial charge on any atom is 0.326 e. The zero-order valence-corrected chi connectivity index (χ0v) is 16.9. The number of carbonyl (C=O) groups is 2. The number of amides is 1. The highest BCUT2D eigenvalue weighted by atomic mass is 32.2. The number of thioether (sulfide) groups is 1. The van der Waals surface area contributed by atoms with Crippen LogP contribution in [-0.2, 0) is 9.59 Å². The third kappa shape index (κ3) is 6.70. The SMILES string of the molecule is CSCCC(NC(=O)/C(C#N)=C\NC(c1ccccc1)c1ccccc1)C(=O)O. The molecule has 2 aromatic carbocycles. The van der Waals surface area contributed by atoms with Crippen LogP contribution >= 0.6 is 11.8 Å². The monoisotopic (exact) mass is 409 g/mol. The van der Waals surface area contributed by atoms with Crippen molar-refractivity contribution in [3.8, 4) is 6.07 Å². The van der Waals surface area contributed by atoms with E-state index in [4.69, 9.17) is 0 Å². The van der Waals surface area contributed by atoms with Crippen LogP contribution < -0.4 is 10.6 Å². The van der Waals surface area contributed by atoms with E-state index in [0.717, 1.165) is 11.1 Å². The van der Waals surface area contributed by atoms with Crippen LogP contribution in [0.25, 0.3) is 0 Å². The number of carboxylic acid groups (broad SMARTS) is 1. The number of aliphatic carboxylic acids is 1. The molecule has 6 nitrogen and oxygen atoms in total. The fourth-order valence-electron chi connectivity index (χ4n) is 2.72. The number of nitrogens with one attached hydrogen (secondary N) is 2. The van der Waals surface area contributed by atoms with E-state index in [2.05, 4.69) is 10.6 Å². The molecular weight excluding hydrogens is 386 g/mol. The maximum atomic E-state index is 12.4. The Kier molecular flexibility index (Phi) is 8.80. The highest BCUT2D eigenvalue weighted by Crippen LogP contribution is 2.21. The first kappa shape index (κ1) is 22.1. The minimum absolute atomic E-state index is 0.183. The minimum atomic E-state index is -1.12. The van der Waals surface area contributed by atoms with Crippen molar-refractivity contribution in [2.24, 2.45) is 0 Å². The van der Waals surface area contributed by atoms with Gasteiger partial charge in [0.25, 0.3) is 5.91 Å². The molecule has 0 radical (unpaired) electrons. The number of benzene rings is 2. The number of rotatable bonds is 10. The van der Waals surface area contributed by atoms with Gasteiger partial charge in [-0.3, -0.25) is 4.79 Å². The molecule has 0 aliphatic rings. The molecular formula is C22H23N3O3S. The van der Waals surface area contributed by atoms with Crippen LogP contribution in [0.3, 0.4) is 0 Å². The minimum Gasteiger partial charge on any atom is -0.480 e. The van der Waals surface area contributed by atoms with Crippen LogP contribution in [-0.4, -0.2) is 35.0 Å². The highest BCUT2D eigenvalue weighted by Gasteiger charge is 2.22. The van der Waals surface area contributed by atoms with Gasteiger partial charge in [0.1, 0.15) is 17.7 Å². The number of carboxylic acids is 1. The fraction of sp³-hybridized carbons (Fsp3) is 0.227. The topological polar surface area (TPSA) is 102 Å². The summed E-state index contributed by atoms with van der Waals surface area (Å²) in [6, 6.07) is 19.8. The van der Waals surface area contributed by atoms with Crippen molar-refractivity contribution in [1.82, 2.24) is 10.6 Å². The summed E-state index contributed by atoms with van der Waals surface area (Å²) in [4.78, 5) is 23.8. The van der Waals surface area contributed by atoms with Crippen molar-refractivity contribution in [2.45, 2.75) is 18.5 Å². The van der Waals surface area contributed by atoms with E-state index in [-0.39, 0.29) is 18.0 Å². The maximum absolute atomic E-state index is 12.4. The largest absolute Gasteiger partial charge is 0.480 e. The first-order chi connectivity index (χ1) is 14.1. The second kappa shape index (κ2) is 11.6. The van der Waals surface area contributed by atoms with E-state index in [1.165, 1.54) is 18.0 Å². The van der Waals surface area contributed by atoms with E-state index >= 15 is 0 Å². The van der Waals surface area contributed by atoms with Gasteiger partial charge in [-0.05, 0) is 29.6 Å². The van der Waals surface area contributed by atoms with Gasteiger partial charge >= 0.3 is 5.97 Å². The fourth-order valence-corrected chi connectivity index (χ4v) is 3.19. The van der Waals surface area contributed by atoms with Crippen molar-refractivity contribution < 1.29 is 14.7 Å². The van der Waals surface area contributed by atoms with Gasteiger partial charge in [0.15, 0.2) is 0 Å². The number of carbonyl (C=O) groups excluding carboxylic acids is 1. The molecule has 0 saturated carbocycles. The van der Waals surface area contributed by atoms with Crippen molar-refractivity contribution in [3.63, 3.8) is 0 Å². The van der Waals surface area contributed by atoms with Gasteiger partial charge in [-0.15, -0.1) is 0 Å². The van der Waals surface area contributed by atoms with Crippen LogP contribution in [0.2, 0.25) is 0 Å². The zero-order valence-electron chi connectivity index (χ0n) is 16.0. The summed E-state index contributed by atoms with van der Waals surface area (Å²) >= 11 is 1.49. The van der Waals surface area contributed by atoms with Gasteiger partial charge in [0, 0.05) is 6.20 Å². The molecule has 7 heteroatoms. The molecule has 1 amide bonds. The first-order valence-electron chi connectivity index (χ1n) is 9.05. The summed E-state index contributed by atoms with van der Waals surface area (Å²) in [5.74, 6) is -1.25. The van der Waals surface area contributed by atoms with E-state index in [0.29, 0.717) is 5.75 Å². The molecule has 29 heavy (non-hydrogen) atoms. The number of hydrogen-bond acceptors (Lipinski definition) is 5. The first-order valence-corrected chi connectivity index (χ1v) is 10.4. The van der Waals surface area contributed by atoms with Gasteiger partial charge in [0.05, 0.1) is 6.04 Å². The smallest absolute Gasteiger partial charge is 0.326 e. The van der Waals surface area contributed by atoms with E-state index in [1.54, 1.807) is 0 Å². The van der Waals surface area contributed by atoms with Crippen LogP contribution in [0.5, 0.6) is 0 Å². The van der Waals surface area contributed by atoms with Crippen molar-refractivity contribution in [1.29, 1.82) is 5.26 Å². The van der Waals surface area contributed by atoms with Crippen LogP contribution in [0, 0.1) is 11.3 Å². The zero-order chi connectivity index (χ0) is 21.1. The van der Waals surface area contributed by atoms with Crippen molar-refractivity contribution in [2.75, 3.05) is 12.0 Å². The highest BCUT2D eigenvalue weighted by molar-refractivity contribution is 7.98. The lowest BCUT2D eigenvalue weighted by molar-refractivity contribution is -0.141. The molecule has 0 aromatic heterocycles. The Morgan fingerprint density at radius 2 is 1.66 bits per heavy atom. The molecule has 1 atom stereocenters. The molecule has 150 valence electrons. The quantitative estimate of drug-likeness (QED) is 0.412. The third-order valence-corrected chi connectivity index (χ3v) is 4.88. The predicted octanol–water partition coefficient (Wildman–Crippen LogP) is 3.10. The molecule has 0 aliphatic heterocycles. The third-order valence-electron chi connectivity index (χ3n) is 4.24. The number of nitrogens with zero attached hydrogens (tertiary/aromatic N) is 1. The number of nitriles is 1. The summed E-state index contributed by atoms with van der Waals surface area (Å²) < 4.78 is 0. The Hall–Kier alpha value is -3.24. The van der Waals surface area contributed by atoms with Gasteiger partial charge < -0.3 is 15.7 Å². The lowest BCUT2D eigenvalue weighted by Crippen LogP contribution is -2.42. The van der Waals surface area contributed by atoms with E-state index in [9.17, 15) is 20.0 Å². The molecule has 0 spiro atoms. The second-order valence-electron chi connectivity index (χ2n) is 6.24. The predicted molar refractivity (Wildman–Crippen MR) is 114 cm³/mol. The molecule has 0 saturated heterocycles. The lowest BCUT2D eigenvalue weighted by Gasteiger charge is -2.19. The Balaban J connectivity index is 2.20. The van der Waals surface area contributed by atoms with Gasteiger partial charge in [0.2, 0.25) is 0 Å². The van der Waals surface area contributed by atoms with Gasteiger partial charge in [-0.1, -0.05) is 60.7 Å². The Bertz CT molecular complexity index is 840. The Morgan fingerprint density at radius 1 is 1.10 bits per heavy atom. The molecule has 2 rings (SSSR count). The Morgan fingerprint density at radius 3 is 2.10 bits per heavy atom. The molecule has 0 bridgehead atoms. The lowest BCUT2D eigenvalue weighted by atomic mass is 9.99. The van der Waals surface area contributed by atoms with Gasteiger partial charge in [-0.2, -0.15) is 17.0 Å². The van der Waals surface area contributed by atoms with Crippen molar-refractivity contribution in [3.05, 3.63) is 83.6 Å². The van der Waals surface area contributed by atoms with Crippen molar-refractivity contribution >= 4 is 23.6 Å². The summed E-state index contributed by atoms with van der Waals surface area (Å²) in [6.45, 7) is 0. The summed E-state index contributed by atoms with van der Waals surface area (Å²) in [7, 11) is 0. The van der Waals surface area contributed by atoms with Crippen LogP contribution in [0.15, 0.2) is 72.4 Å². The molecule has 0 aliphatic carbocycles. The summed E-state index contributed by atoms with van der Waals surface area (Å²) in [5, 5.41) is 24.2. The Labute approximate surface area is 174 Å².